The van der Waals surface area contributed by atoms with E-state index >= 15 is 0 Å². The molecule has 0 aliphatic heterocycles. The van der Waals surface area contributed by atoms with E-state index in [9.17, 15) is 4.79 Å². The van der Waals surface area contributed by atoms with Gasteiger partial charge in [0.2, 0.25) is 11.0 Å². The number of aromatic nitrogens is 4. The van der Waals surface area contributed by atoms with Gasteiger partial charge in [0.15, 0.2) is 5.13 Å². The number of aryl methyl sites for hydroxylation is 1. The van der Waals surface area contributed by atoms with Gasteiger partial charge in [-0.2, -0.15) is 5.10 Å². The predicted octanol–water partition coefficient (Wildman–Crippen LogP) is 5.84. The SMILES string of the molecule is Cc1nn(-c2nc(CC(=O)Nc3nc(-c4ccccc4)cs3)cs2)c(C)c1Cc1ccccc1. The first-order valence-corrected chi connectivity index (χ1v) is 12.7. The summed E-state index contributed by atoms with van der Waals surface area (Å²) in [6.07, 6.45) is 1.02. The average molecular weight is 486 g/mol. The van der Waals surface area contributed by atoms with Crippen molar-refractivity contribution in [2.75, 3.05) is 5.32 Å². The third-order valence-corrected chi connectivity index (χ3v) is 7.17. The van der Waals surface area contributed by atoms with Crippen LogP contribution >= 0.6 is 22.7 Å². The molecular formula is C26H23N5OS2. The van der Waals surface area contributed by atoms with Crippen LogP contribution in [0.15, 0.2) is 71.4 Å². The smallest absolute Gasteiger partial charge is 0.232 e. The molecule has 6 nitrogen and oxygen atoms in total. The first kappa shape index (κ1) is 22.2. The van der Waals surface area contributed by atoms with Crippen LogP contribution in [0.25, 0.3) is 16.4 Å². The van der Waals surface area contributed by atoms with Crippen molar-refractivity contribution >= 4 is 33.7 Å². The lowest BCUT2D eigenvalue weighted by Gasteiger charge is -2.03. The standard InChI is InChI=1S/C26H23N5OS2/c1-17-22(13-19-9-5-3-6-10-19)18(2)31(30-17)26-27-21(15-34-26)14-24(32)29-25-28-23(16-33-25)20-11-7-4-8-12-20/h3-12,15-16H,13-14H2,1-2H3,(H,28,29,32). The summed E-state index contributed by atoms with van der Waals surface area (Å²) < 4.78 is 1.88. The van der Waals surface area contributed by atoms with Gasteiger partial charge in [-0.3, -0.25) is 4.79 Å². The second kappa shape index (κ2) is 9.70. The Morgan fingerprint density at radius 1 is 0.941 bits per heavy atom. The molecule has 0 bridgehead atoms. The second-order valence-corrected chi connectivity index (χ2v) is 9.67. The third-order valence-electron chi connectivity index (χ3n) is 5.55. The zero-order chi connectivity index (χ0) is 23.5. The van der Waals surface area contributed by atoms with Crippen molar-refractivity contribution in [3.63, 3.8) is 0 Å². The Kier molecular flexibility index (Phi) is 6.33. The van der Waals surface area contributed by atoms with Crippen LogP contribution in [0.5, 0.6) is 0 Å². The van der Waals surface area contributed by atoms with Gasteiger partial charge in [-0.25, -0.2) is 14.6 Å². The Bertz CT molecular complexity index is 1420. The lowest BCUT2D eigenvalue weighted by molar-refractivity contribution is -0.115. The summed E-state index contributed by atoms with van der Waals surface area (Å²) in [5.41, 5.74) is 7.12. The Morgan fingerprint density at radius 2 is 1.68 bits per heavy atom. The Balaban J connectivity index is 1.26. The Morgan fingerprint density at radius 3 is 2.44 bits per heavy atom. The first-order chi connectivity index (χ1) is 16.6. The number of carbonyl (C=O) groups excluding carboxylic acids is 1. The van der Waals surface area contributed by atoms with Crippen molar-refractivity contribution in [3.8, 4) is 16.4 Å². The second-order valence-electron chi connectivity index (χ2n) is 7.97. The van der Waals surface area contributed by atoms with E-state index in [1.807, 2.05) is 58.8 Å². The number of benzene rings is 2. The van der Waals surface area contributed by atoms with E-state index < -0.39 is 0 Å². The first-order valence-electron chi connectivity index (χ1n) is 10.9. The van der Waals surface area contributed by atoms with Crippen LogP contribution in [0, 0.1) is 13.8 Å². The van der Waals surface area contributed by atoms with Gasteiger partial charge in [0.25, 0.3) is 0 Å². The number of nitrogens with zero attached hydrogens (tertiary/aromatic N) is 4. The molecular weight excluding hydrogens is 462 g/mol. The predicted molar refractivity (Wildman–Crippen MR) is 138 cm³/mol. The highest BCUT2D eigenvalue weighted by Gasteiger charge is 2.17. The lowest BCUT2D eigenvalue weighted by Crippen LogP contribution is -2.14. The number of amides is 1. The summed E-state index contributed by atoms with van der Waals surface area (Å²) >= 11 is 2.91. The molecule has 0 saturated heterocycles. The van der Waals surface area contributed by atoms with Crippen molar-refractivity contribution in [2.24, 2.45) is 0 Å². The maximum absolute atomic E-state index is 12.6. The molecule has 3 aromatic heterocycles. The molecule has 0 aliphatic carbocycles. The van der Waals surface area contributed by atoms with Gasteiger partial charge < -0.3 is 5.32 Å². The molecule has 0 atom stereocenters. The van der Waals surface area contributed by atoms with Crippen LogP contribution in [0.2, 0.25) is 0 Å². The van der Waals surface area contributed by atoms with Gasteiger partial charge >= 0.3 is 0 Å². The highest BCUT2D eigenvalue weighted by molar-refractivity contribution is 7.14. The van der Waals surface area contributed by atoms with Crippen molar-refractivity contribution < 1.29 is 4.79 Å². The fraction of sp³-hybridized carbons (Fsp3) is 0.154. The monoisotopic (exact) mass is 485 g/mol. The summed E-state index contributed by atoms with van der Waals surface area (Å²) in [5, 5.41) is 12.8. The largest absolute Gasteiger partial charge is 0.302 e. The molecule has 3 heterocycles. The van der Waals surface area contributed by atoms with Crippen LogP contribution in [-0.2, 0) is 17.6 Å². The lowest BCUT2D eigenvalue weighted by atomic mass is 10.0. The van der Waals surface area contributed by atoms with Crippen molar-refractivity contribution in [1.82, 2.24) is 19.7 Å². The number of rotatable bonds is 7. The highest BCUT2D eigenvalue weighted by Crippen LogP contribution is 2.26. The number of hydrogen-bond donors (Lipinski definition) is 1. The van der Waals surface area contributed by atoms with Gasteiger partial charge in [0, 0.05) is 34.0 Å². The van der Waals surface area contributed by atoms with Gasteiger partial charge in [0.05, 0.1) is 23.5 Å². The number of thiazole rings is 2. The van der Waals surface area contributed by atoms with Crippen LogP contribution in [-0.4, -0.2) is 25.7 Å². The Labute approximate surface area is 206 Å². The minimum atomic E-state index is -0.135. The van der Waals surface area contributed by atoms with Gasteiger partial charge in [-0.15, -0.1) is 22.7 Å². The number of anilines is 1. The normalized spacial score (nSPS) is 11.0. The molecule has 8 heteroatoms. The molecule has 0 radical (unpaired) electrons. The molecule has 0 fully saturated rings. The summed E-state index contributed by atoms with van der Waals surface area (Å²) in [4.78, 5) is 21.8. The van der Waals surface area contributed by atoms with Crippen LogP contribution in [0.1, 0.15) is 28.2 Å². The van der Waals surface area contributed by atoms with Crippen molar-refractivity contribution in [2.45, 2.75) is 26.7 Å². The van der Waals surface area contributed by atoms with E-state index in [2.05, 4.69) is 46.5 Å². The topological polar surface area (TPSA) is 72.7 Å². The maximum atomic E-state index is 12.6. The third kappa shape index (κ3) is 4.83. The van der Waals surface area contributed by atoms with E-state index in [1.54, 1.807) is 0 Å². The van der Waals surface area contributed by atoms with Gasteiger partial charge in [-0.05, 0) is 19.4 Å². The molecule has 5 rings (SSSR count). The summed E-state index contributed by atoms with van der Waals surface area (Å²) in [5.74, 6) is -0.135. The van der Waals surface area contributed by atoms with Crippen LogP contribution in [0.3, 0.4) is 0 Å². The molecule has 2 aromatic carbocycles. The van der Waals surface area contributed by atoms with E-state index in [-0.39, 0.29) is 12.3 Å². The highest BCUT2D eigenvalue weighted by atomic mass is 32.1. The number of carbonyl (C=O) groups is 1. The molecule has 1 N–H and O–H groups in total. The molecule has 5 aromatic rings. The molecule has 0 aliphatic rings. The summed E-state index contributed by atoms with van der Waals surface area (Å²) in [6, 6.07) is 20.3. The zero-order valence-corrected chi connectivity index (χ0v) is 20.5. The molecule has 0 saturated carbocycles. The average Bonchev–Trinajstić information content (AvgIpc) is 3.57. The number of hydrogen-bond acceptors (Lipinski definition) is 6. The molecule has 34 heavy (non-hydrogen) atoms. The quantitative estimate of drug-likeness (QED) is 0.314. The van der Waals surface area contributed by atoms with Crippen molar-refractivity contribution in [3.05, 3.63) is 99.6 Å². The van der Waals surface area contributed by atoms with E-state index in [0.29, 0.717) is 5.13 Å². The van der Waals surface area contributed by atoms with Crippen LogP contribution in [0.4, 0.5) is 5.13 Å². The van der Waals surface area contributed by atoms with E-state index in [4.69, 9.17) is 5.10 Å². The molecule has 0 unspecified atom stereocenters. The van der Waals surface area contributed by atoms with E-state index in [1.165, 1.54) is 33.8 Å². The fourth-order valence-corrected chi connectivity index (χ4v) is 5.35. The molecule has 1 amide bonds. The summed E-state index contributed by atoms with van der Waals surface area (Å²) in [6.45, 7) is 4.10. The molecule has 0 spiro atoms. The fourth-order valence-electron chi connectivity index (χ4n) is 3.79. The number of nitrogens with one attached hydrogen (secondary N) is 1. The van der Waals surface area contributed by atoms with Crippen molar-refractivity contribution in [1.29, 1.82) is 0 Å². The minimum absolute atomic E-state index is 0.135. The van der Waals surface area contributed by atoms with E-state index in [0.717, 1.165) is 39.9 Å². The van der Waals surface area contributed by atoms with Gasteiger partial charge in [-0.1, -0.05) is 60.7 Å². The van der Waals surface area contributed by atoms with Gasteiger partial charge in [0.1, 0.15) is 0 Å². The maximum Gasteiger partial charge on any atom is 0.232 e. The minimum Gasteiger partial charge on any atom is -0.302 e. The Hall–Kier alpha value is -3.62. The zero-order valence-electron chi connectivity index (χ0n) is 18.9. The van der Waals surface area contributed by atoms with Crippen LogP contribution < -0.4 is 5.32 Å². The molecule has 170 valence electrons. The summed E-state index contributed by atoms with van der Waals surface area (Å²) in [7, 11) is 0.